The number of benzene rings is 1. The number of nitrogens with one attached hydrogen (secondary N) is 1. The second-order valence-electron chi connectivity index (χ2n) is 4.06. The Morgan fingerprint density at radius 1 is 1.30 bits per heavy atom. The Bertz CT molecular complexity index is 608. The summed E-state index contributed by atoms with van der Waals surface area (Å²) in [6.07, 6.45) is 1.57. The van der Waals surface area contributed by atoms with Crippen molar-refractivity contribution in [2.45, 2.75) is 6.54 Å². The van der Waals surface area contributed by atoms with E-state index in [0.717, 1.165) is 5.56 Å². The van der Waals surface area contributed by atoms with E-state index in [-0.39, 0.29) is 23.6 Å². The maximum atomic E-state index is 11.9. The first-order chi connectivity index (χ1) is 9.61. The summed E-state index contributed by atoms with van der Waals surface area (Å²) < 4.78 is 4.98. The van der Waals surface area contributed by atoms with Gasteiger partial charge in [-0.2, -0.15) is 0 Å². The molecule has 6 nitrogen and oxygen atoms in total. The van der Waals surface area contributed by atoms with Gasteiger partial charge < -0.3 is 20.3 Å². The lowest BCUT2D eigenvalue weighted by molar-refractivity contribution is 0.0945. The van der Waals surface area contributed by atoms with Gasteiger partial charge in [-0.25, -0.2) is 4.98 Å². The molecule has 6 heteroatoms. The Balaban J connectivity index is 2.09. The second-order valence-corrected chi connectivity index (χ2v) is 4.06. The zero-order valence-corrected chi connectivity index (χ0v) is 10.8. The molecule has 0 saturated carbocycles. The summed E-state index contributed by atoms with van der Waals surface area (Å²) in [6, 6.07) is 7.54. The normalized spacial score (nSPS) is 10.1. The van der Waals surface area contributed by atoms with E-state index in [4.69, 9.17) is 4.74 Å². The number of aromatic hydroxyl groups is 2. The molecule has 20 heavy (non-hydrogen) atoms. The predicted octanol–water partition coefficient (Wildman–Crippen LogP) is 1.43. The van der Waals surface area contributed by atoms with Crippen LogP contribution in [0.3, 0.4) is 0 Å². The van der Waals surface area contributed by atoms with E-state index in [9.17, 15) is 15.0 Å². The predicted molar refractivity (Wildman–Crippen MR) is 71.7 cm³/mol. The van der Waals surface area contributed by atoms with Gasteiger partial charge in [0.25, 0.3) is 5.91 Å². The topological polar surface area (TPSA) is 91.7 Å². The number of hydrogen-bond donors (Lipinski definition) is 3. The number of carbonyl (C=O) groups excluding carboxylic acids is 1. The maximum Gasteiger partial charge on any atom is 0.259 e. The Morgan fingerprint density at radius 2 is 2.00 bits per heavy atom. The molecule has 0 unspecified atom stereocenters. The van der Waals surface area contributed by atoms with E-state index < -0.39 is 5.91 Å². The van der Waals surface area contributed by atoms with Crippen molar-refractivity contribution in [3.05, 3.63) is 47.7 Å². The van der Waals surface area contributed by atoms with Gasteiger partial charge in [0, 0.05) is 18.8 Å². The minimum atomic E-state index is -0.559. The first-order valence-electron chi connectivity index (χ1n) is 5.90. The van der Waals surface area contributed by atoms with Crippen LogP contribution in [-0.4, -0.2) is 28.2 Å². The molecule has 0 bridgehead atoms. The number of phenols is 2. The highest BCUT2D eigenvalue weighted by molar-refractivity contribution is 5.99. The Kier molecular flexibility index (Phi) is 4.05. The Morgan fingerprint density at radius 3 is 2.65 bits per heavy atom. The minimum absolute atomic E-state index is 0.145. The first kappa shape index (κ1) is 13.7. The number of aromatic nitrogens is 1. The smallest absolute Gasteiger partial charge is 0.259 e. The standard InChI is InChI=1S/C14H14N2O4/c1-20-12-7-9(5-6-15-12)8-16-14(19)13-10(17)3-2-4-11(13)18/h2-7,17-18H,8H2,1H3,(H,16,19). The Hall–Kier alpha value is -2.76. The third-order valence-electron chi connectivity index (χ3n) is 2.71. The molecule has 2 aromatic rings. The zero-order chi connectivity index (χ0) is 14.5. The highest BCUT2D eigenvalue weighted by atomic mass is 16.5. The van der Waals surface area contributed by atoms with Gasteiger partial charge in [-0.05, 0) is 23.8 Å². The molecule has 0 aliphatic rings. The average molecular weight is 274 g/mol. The van der Waals surface area contributed by atoms with Gasteiger partial charge in [-0.15, -0.1) is 0 Å². The fourth-order valence-corrected chi connectivity index (χ4v) is 1.70. The fraction of sp³-hybridized carbons (Fsp3) is 0.143. The van der Waals surface area contributed by atoms with Gasteiger partial charge in [0.1, 0.15) is 17.1 Å². The van der Waals surface area contributed by atoms with Crippen LogP contribution in [0.1, 0.15) is 15.9 Å². The lowest BCUT2D eigenvalue weighted by Gasteiger charge is -2.09. The van der Waals surface area contributed by atoms with Gasteiger partial charge in [-0.1, -0.05) is 6.07 Å². The van der Waals surface area contributed by atoms with Crippen LogP contribution in [0.4, 0.5) is 0 Å². The molecule has 1 heterocycles. The molecule has 0 aliphatic carbocycles. The number of phenolic OH excluding ortho intramolecular Hbond substituents is 2. The molecule has 0 fully saturated rings. The van der Waals surface area contributed by atoms with E-state index in [0.29, 0.717) is 5.88 Å². The van der Waals surface area contributed by atoms with Crippen LogP contribution in [0.5, 0.6) is 17.4 Å². The summed E-state index contributed by atoms with van der Waals surface area (Å²) in [7, 11) is 1.50. The van der Waals surface area contributed by atoms with E-state index in [1.165, 1.54) is 25.3 Å². The molecule has 0 radical (unpaired) electrons. The molecular formula is C14H14N2O4. The summed E-state index contributed by atoms with van der Waals surface area (Å²) in [6.45, 7) is 0.228. The van der Waals surface area contributed by atoms with Crippen molar-refractivity contribution in [2.24, 2.45) is 0 Å². The second kappa shape index (κ2) is 5.92. The number of hydrogen-bond acceptors (Lipinski definition) is 5. The third-order valence-corrected chi connectivity index (χ3v) is 2.71. The average Bonchev–Trinajstić information content (AvgIpc) is 2.45. The molecule has 1 aromatic carbocycles. The highest BCUT2D eigenvalue weighted by Gasteiger charge is 2.15. The van der Waals surface area contributed by atoms with Crippen molar-refractivity contribution < 1.29 is 19.7 Å². The number of amides is 1. The lowest BCUT2D eigenvalue weighted by atomic mass is 10.1. The minimum Gasteiger partial charge on any atom is -0.507 e. The summed E-state index contributed by atoms with van der Waals surface area (Å²) >= 11 is 0. The third kappa shape index (κ3) is 2.97. The summed E-state index contributed by atoms with van der Waals surface area (Å²) in [5, 5.41) is 21.8. The van der Waals surface area contributed by atoms with Gasteiger partial charge in [0.15, 0.2) is 0 Å². The maximum absolute atomic E-state index is 11.9. The van der Waals surface area contributed by atoms with E-state index in [2.05, 4.69) is 10.3 Å². The Labute approximate surface area is 115 Å². The van der Waals surface area contributed by atoms with Gasteiger partial charge >= 0.3 is 0 Å². The molecule has 0 atom stereocenters. The number of methoxy groups -OCH3 is 1. The molecule has 104 valence electrons. The van der Waals surface area contributed by atoms with Gasteiger partial charge in [0.05, 0.1) is 7.11 Å². The van der Waals surface area contributed by atoms with Crippen LogP contribution in [-0.2, 0) is 6.54 Å². The molecule has 1 amide bonds. The number of rotatable bonds is 4. The molecular weight excluding hydrogens is 260 g/mol. The molecule has 1 aromatic heterocycles. The quantitative estimate of drug-likeness (QED) is 0.784. The number of carbonyl (C=O) groups is 1. The summed E-state index contributed by atoms with van der Waals surface area (Å²) in [5.74, 6) is -0.650. The van der Waals surface area contributed by atoms with Crippen LogP contribution in [0.25, 0.3) is 0 Å². The lowest BCUT2D eigenvalue weighted by Crippen LogP contribution is -2.23. The highest BCUT2D eigenvalue weighted by Crippen LogP contribution is 2.25. The van der Waals surface area contributed by atoms with Crippen LogP contribution in [0.15, 0.2) is 36.5 Å². The van der Waals surface area contributed by atoms with Crippen molar-refractivity contribution in [1.82, 2.24) is 10.3 Å². The van der Waals surface area contributed by atoms with Crippen molar-refractivity contribution in [3.8, 4) is 17.4 Å². The number of ether oxygens (including phenoxy) is 1. The SMILES string of the molecule is COc1cc(CNC(=O)c2c(O)cccc2O)ccn1. The van der Waals surface area contributed by atoms with Crippen molar-refractivity contribution >= 4 is 5.91 Å². The fourth-order valence-electron chi connectivity index (χ4n) is 1.70. The van der Waals surface area contributed by atoms with Crippen molar-refractivity contribution in [3.63, 3.8) is 0 Å². The van der Waals surface area contributed by atoms with Gasteiger partial charge in [0.2, 0.25) is 5.88 Å². The molecule has 0 spiro atoms. The molecule has 2 rings (SSSR count). The van der Waals surface area contributed by atoms with Crippen molar-refractivity contribution in [1.29, 1.82) is 0 Å². The van der Waals surface area contributed by atoms with E-state index in [1.54, 1.807) is 18.3 Å². The monoisotopic (exact) mass is 274 g/mol. The summed E-state index contributed by atoms with van der Waals surface area (Å²) in [4.78, 5) is 15.9. The first-order valence-corrected chi connectivity index (χ1v) is 5.90. The van der Waals surface area contributed by atoms with Crippen LogP contribution < -0.4 is 10.1 Å². The van der Waals surface area contributed by atoms with E-state index in [1.807, 2.05) is 0 Å². The molecule has 0 saturated heterocycles. The van der Waals surface area contributed by atoms with Crippen LogP contribution >= 0.6 is 0 Å². The van der Waals surface area contributed by atoms with Crippen molar-refractivity contribution in [2.75, 3.05) is 7.11 Å². The largest absolute Gasteiger partial charge is 0.507 e. The number of nitrogens with zero attached hydrogens (tertiary/aromatic N) is 1. The molecule has 0 aliphatic heterocycles. The van der Waals surface area contributed by atoms with E-state index >= 15 is 0 Å². The molecule has 3 N–H and O–H groups in total. The number of pyridine rings is 1. The van der Waals surface area contributed by atoms with Gasteiger partial charge in [-0.3, -0.25) is 4.79 Å². The zero-order valence-electron chi connectivity index (χ0n) is 10.8. The van der Waals surface area contributed by atoms with Crippen LogP contribution in [0.2, 0.25) is 0 Å². The van der Waals surface area contributed by atoms with Crippen LogP contribution in [0, 0.1) is 0 Å². The summed E-state index contributed by atoms with van der Waals surface area (Å²) in [5.41, 5.74) is 0.647.